The molecule has 10 heavy (non-hydrogen) atoms. The summed E-state index contributed by atoms with van der Waals surface area (Å²) in [5.74, 6) is 0.480. The smallest absolute Gasteiger partial charge is 0.0633 e. The second-order valence-corrected chi connectivity index (χ2v) is 2.64. The third-order valence-corrected chi connectivity index (χ3v) is 1.80. The van der Waals surface area contributed by atoms with Crippen molar-refractivity contribution >= 4 is 0 Å². The number of hydrogen-bond donors (Lipinski definition) is 1. The second kappa shape index (κ2) is 2.02. The molecule has 0 aromatic carbocycles. The summed E-state index contributed by atoms with van der Waals surface area (Å²) in [5.41, 5.74) is 6.67. The van der Waals surface area contributed by atoms with Crippen LogP contribution in [0.25, 0.3) is 0 Å². The van der Waals surface area contributed by atoms with Crippen LogP contribution in [-0.2, 0) is 0 Å². The lowest BCUT2D eigenvalue weighted by molar-refractivity contribution is 0.928. The minimum Gasteiger partial charge on any atom is -0.327 e. The maximum absolute atomic E-state index is 5.63. The molecular weight excluding hydrogens is 126 g/mol. The molecule has 1 fully saturated rings. The Morgan fingerprint density at radius 1 is 1.50 bits per heavy atom. The zero-order valence-electron chi connectivity index (χ0n) is 5.57. The SMILES string of the molecule is N[C@@H]1C[C@H]1c1cnccn1. The highest BCUT2D eigenvalue weighted by atomic mass is 14.8. The summed E-state index contributed by atoms with van der Waals surface area (Å²) in [6.07, 6.45) is 6.24. The number of rotatable bonds is 1. The molecule has 2 rings (SSSR count). The van der Waals surface area contributed by atoms with Crippen LogP contribution in [0.2, 0.25) is 0 Å². The van der Waals surface area contributed by atoms with Gasteiger partial charge in [-0.1, -0.05) is 0 Å². The molecule has 1 saturated carbocycles. The van der Waals surface area contributed by atoms with Gasteiger partial charge in [-0.3, -0.25) is 9.97 Å². The predicted octanol–water partition coefficient (Wildman–Crippen LogP) is 0.291. The normalized spacial score (nSPS) is 30.1. The van der Waals surface area contributed by atoms with Gasteiger partial charge < -0.3 is 5.73 Å². The molecule has 0 saturated heterocycles. The van der Waals surface area contributed by atoms with Crippen LogP contribution in [-0.4, -0.2) is 16.0 Å². The molecule has 0 bridgehead atoms. The van der Waals surface area contributed by atoms with E-state index in [0.29, 0.717) is 12.0 Å². The van der Waals surface area contributed by atoms with Crippen LogP contribution in [0.1, 0.15) is 18.0 Å². The highest BCUT2D eigenvalue weighted by Gasteiger charge is 2.35. The zero-order valence-corrected chi connectivity index (χ0v) is 5.57. The van der Waals surface area contributed by atoms with Crippen molar-refractivity contribution in [1.29, 1.82) is 0 Å². The molecule has 1 aliphatic rings. The lowest BCUT2D eigenvalue weighted by Crippen LogP contribution is -2.02. The molecule has 0 spiro atoms. The third-order valence-electron chi connectivity index (χ3n) is 1.80. The fraction of sp³-hybridized carbons (Fsp3) is 0.429. The molecular formula is C7H9N3. The average Bonchev–Trinajstić information content (AvgIpc) is 2.69. The summed E-state index contributed by atoms with van der Waals surface area (Å²) >= 11 is 0. The maximum atomic E-state index is 5.63. The van der Waals surface area contributed by atoms with E-state index in [9.17, 15) is 0 Å². The van der Waals surface area contributed by atoms with Crippen LogP contribution in [0.3, 0.4) is 0 Å². The summed E-state index contributed by atoms with van der Waals surface area (Å²) in [6.45, 7) is 0. The average molecular weight is 135 g/mol. The summed E-state index contributed by atoms with van der Waals surface area (Å²) in [4.78, 5) is 8.11. The van der Waals surface area contributed by atoms with Crippen LogP contribution in [0.5, 0.6) is 0 Å². The molecule has 0 unspecified atom stereocenters. The first-order chi connectivity index (χ1) is 4.88. The van der Waals surface area contributed by atoms with Crippen molar-refractivity contribution in [3.05, 3.63) is 24.3 Å². The largest absolute Gasteiger partial charge is 0.327 e. The van der Waals surface area contributed by atoms with Crippen molar-refractivity contribution in [2.45, 2.75) is 18.4 Å². The Bertz CT molecular complexity index is 222. The van der Waals surface area contributed by atoms with Gasteiger partial charge in [0, 0.05) is 30.6 Å². The van der Waals surface area contributed by atoms with Gasteiger partial charge >= 0.3 is 0 Å². The molecule has 3 nitrogen and oxygen atoms in total. The molecule has 1 aromatic heterocycles. The Morgan fingerprint density at radius 2 is 2.30 bits per heavy atom. The van der Waals surface area contributed by atoms with Gasteiger partial charge in [0.15, 0.2) is 0 Å². The van der Waals surface area contributed by atoms with Crippen LogP contribution in [0.15, 0.2) is 18.6 Å². The lowest BCUT2D eigenvalue weighted by atomic mass is 10.3. The van der Waals surface area contributed by atoms with Crippen molar-refractivity contribution in [2.24, 2.45) is 5.73 Å². The Kier molecular flexibility index (Phi) is 1.17. The highest BCUT2D eigenvalue weighted by molar-refractivity contribution is 5.16. The Morgan fingerprint density at radius 3 is 2.80 bits per heavy atom. The molecule has 0 amide bonds. The van der Waals surface area contributed by atoms with Gasteiger partial charge in [0.05, 0.1) is 5.69 Å². The maximum Gasteiger partial charge on any atom is 0.0633 e. The van der Waals surface area contributed by atoms with Crippen molar-refractivity contribution < 1.29 is 0 Å². The molecule has 3 heteroatoms. The van der Waals surface area contributed by atoms with Crippen molar-refractivity contribution in [3.63, 3.8) is 0 Å². The van der Waals surface area contributed by atoms with E-state index < -0.39 is 0 Å². The van der Waals surface area contributed by atoms with Crippen molar-refractivity contribution in [3.8, 4) is 0 Å². The van der Waals surface area contributed by atoms with E-state index in [0.717, 1.165) is 12.1 Å². The topological polar surface area (TPSA) is 51.8 Å². The molecule has 52 valence electrons. The number of nitrogens with zero attached hydrogens (tertiary/aromatic N) is 2. The molecule has 1 aliphatic carbocycles. The summed E-state index contributed by atoms with van der Waals surface area (Å²) in [7, 11) is 0. The summed E-state index contributed by atoms with van der Waals surface area (Å²) in [5, 5.41) is 0. The Balaban J connectivity index is 2.20. The minimum absolute atomic E-state index is 0.330. The fourth-order valence-corrected chi connectivity index (χ4v) is 1.06. The van der Waals surface area contributed by atoms with Crippen LogP contribution in [0.4, 0.5) is 0 Å². The number of aromatic nitrogens is 2. The quantitative estimate of drug-likeness (QED) is 0.602. The molecule has 1 aromatic rings. The lowest BCUT2D eigenvalue weighted by Gasteiger charge is -1.92. The van der Waals surface area contributed by atoms with Gasteiger partial charge in [0.25, 0.3) is 0 Å². The molecule has 0 radical (unpaired) electrons. The molecule has 2 N–H and O–H groups in total. The predicted molar refractivity (Wildman–Crippen MR) is 37.4 cm³/mol. The van der Waals surface area contributed by atoms with Crippen LogP contribution < -0.4 is 5.73 Å². The van der Waals surface area contributed by atoms with Gasteiger partial charge in [-0.2, -0.15) is 0 Å². The summed E-state index contributed by atoms with van der Waals surface area (Å²) in [6, 6.07) is 0.330. The first-order valence-corrected chi connectivity index (χ1v) is 3.39. The number of hydrogen-bond acceptors (Lipinski definition) is 3. The standard InChI is InChI=1S/C7H9N3/c8-6-3-5(6)7-4-9-1-2-10-7/h1-2,4-6H,3,8H2/t5-,6-/m1/s1. The van der Waals surface area contributed by atoms with E-state index >= 15 is 0 Å². The van der Waals surface area contributed by atoms with E-state index in [1.165, 1.54) is 0 Å². The van der Waals surface area contributed by atoms with Gasteiger partial charge in [-0.25, -0.2) is 0 Å². The minimum atomic E-state index is 0.330. The van der Waals surface area contributed by atoms with E-state index in [4.69, 9.17) is 5.73 Å². The first kappa shape index (κ1) is 5.80. The van der Waals surface area contributed by atoms with E-state index in [2.05, 4.69) is 9.97 Å². The Labute approximate surface area is 59.3 Å². The van der Waals surface area contributed by atoms with E-state index in [1.807, 2.05) is 0 Å². The van der Waals surface area contributed by atoms with Crippen LogP contribution in [0, 0.1) is 0 Å². The van der Waals surface area contributed by atoms with Gasteiger partial charge in [0.1, 0.15) is 0 Å². The van der Waals surface area contributed by atoms with Crippen LogP contribution >= 0.6 is 0 Å². The zero-order chi connectivity index (χ0) is 6.97. The first-order valence-electron chi connectivity index (χ1n) is 3.39. The molecule has 0 aliphatic heterocycles. The van der Waals surface area contributed by atoms with Gasteiger partial charge in [0.2, 0.25) is 0 Å². The second-order valence-electron chi connectivity index (χ2n) is 2.64. The number of nitrogens with two attached hydrogens (primary N) is 1. The monoisotopic (exact) mass is 135 g/mol. The summed E-state index contributed by atoms with van der Waals surface area (Å²) < 4.78 is 0. The van der Waals surface area contributed by atoms with E-state index in [1.54, 1.807) is 18.6 Å². The highest BCUT2D eigenvalue weighted by Crippen LogP contribution is 2.36. The van der Waals surface area contributed by atoms with Gasteiger partial charge in [-0.05, 0) is 6.42 Å². The van der Waals surface area contributed by atoms with Crippen molar-refractivity contribution in [2.75, 3.05) is 0 Å². The molecule has 1 heterocycles. The fourth-order valence-electron chi connectivity index (χ4n) is 1.06. The Hall–Kier alpha value is -0.960. The molecule has 2 atom stereocenters. The third kappa shape index (κ3) is 0.885. The van der Waals surface area contributed by atoms with Crippen molar-refractivity contribution in [1.82, 2.24) is 9.97 Å². The van der Waals surface area contributed by atoms with Gasteiger partial charge in [-0.15, -0.1) is 0 Å². The van der Waals surface area contributed by atoms with E-state index in [-0.39, 0.29) is 0 Å².